The van der Waals surface area contributed by atoms with E-state index in [4.69, 9.17) is 24.5 Å². The number of benzene rings is 1. The summed E-state index contributed by atoms with van der Waals surface area (Å²) >= 11 is 0. The molecule has 2 saturated heterocycles. The second kappa shape index (κ2) is 11.6. The van der Waals surface area contributed by atoms with E-state index in [1.165, 1.54) is 5.52 Å². The molecule has 2 aliphatic rings. The highest BCUT2D eigenvalue weighted by molar-refractivity contribution is 6.27. The molecule has 1 aromatic carbocycles. The number of hydrogen-bond donors (Lipinski definition) is 3. The Kier molecular flexibility index (Phi) is 8.57. The average Bonchev–Trinajstić information content (AvgIpc) is 3.44. The predicted molar refractivity (Wildman–Crippen MR) is 116 cm³/mol. The summed E-state index contributed by atoms with van der Waals surface area (Å²) in [5.41, 5.74) is 2.27. The minimum Gasteiger partial charge on any atom is -0.473 e. The van der Waals surface area contributed by atoms with Gasteiger partial charge in [0.15, 0.2) is 0 Å². The average molecular weight is 447 g/mol. The van der Waals surface area contributed by atoms with Gasteiger partial charge in [-0.2, -0.15) is 0 Å². The van der Waals surface area contributed by atoms with Crippen molar-refractivity contribution in [3.05, 3.63) is 30.6 Å². The number of aliphatic carboxylic acids is 2. The zero-order chi connectivity index (χ0) is 22.9. The summed E-state index contributed by atoms with van der Waals surface area (Å²) < 4.78 is 7.82. The Balaban J connectivity index is 0.000000427. The molecular weight excluding hydrogens is 416 g/mol. The van der Waals surface area contributed by atoms with Crippen molar-refractivity contribution in [3.8, 4) is 0 Å². The minimum absolute atomic E-state index is 0.125. The monoisotopic (exact) mass is 446 g/mol. The molecule has 1 unspecified atom stereocenters. The van der Waals surface area contributed by atoms with E-state index in [0.29, 0.717) is 19.0 Å². The smallest absolute Gasteiger partial charge is 0.414 e. The van der Waals surface area contributed by atoms with Gasteiger partial charge in [0.05, 0.1) is 30.0 Å². The Morgan fingerprint density at radius 3 is 2.47 bits per heavy atom. The summed E-state index contributed by atoms with van der Waals surface area (Å²) in [5.74, 6) is -2.87. The number of hydrogen-bond acceptors (Lipinski definition) is 6. The van der Waals surface area contributed by atoms with E-state index in [-0.39, 0.29) is 12.0 Å². The van der Waals surface area contributed by atoms with Gasteiger partial charge < -0.3 is 24.8 Å². The highest BCUT2D eigenvalue weighted by Crippen LogP contribution is 2.21. The molecule has 3 N–H and O–H groups in total. The largest absolute Gasteiger partial charge is 0.473 e. The van der Waals surface area contributed by atoms with E-state index >= 15 is 0 Å². The number of carboxylic acids is 2. The number of likely N-dealkylation sites (tertiary alicyclic amines) is 1. The third kappa shape index (κ3) is 7.03. The number of carboxylic acid groups (broad SMARTS) is 2. The number of fused-ring (bicyclic) bond motifs is 1. The van der Waals surface area contributed by atoms with Gasteiger partial charge in [-0.15, -0.1) is 0 Å². The van der Waals surface area contributed by atoms with Crippen molar-refractivity contribution in [3.63, 3.8) is 0 Å². The maximum Gasteiger partial charge on any atom is 0.414 e. The first-order valence-corrected chi connectivity index (χ1v) is 10.9. The molecule has 10 nitrogen and oxygen atoms in total. The van der Waals surface area contributed by atoms with Crippen LogP contribution in [-0.2, 0) is 25.7 Å². The molecule has 2 aliphatic heterocycles. The molecule has 2 aromatic rings. The predicted octanol–water partition coefficient (Wildman–Crippen LogP) is 1.20. The molecule has 10 heteroatoms. The highest BCUT2D eigenvalue weighted by Gasteiger charge is 2.22. The van der Waals surface area contributed by atoms with Crippen LogP contribution in [0, 0.1) is 5.92 Å². The lowest BCUT2D eigenvalue weighted by atomic mass is 9.96. The molecule has 0 saturated carbocycles. The maximum absolute atomic E-state index is 12.1. The first-order chi connectivity index (χ1) is 15.4. The second-order valence-electron chi connectivity index (χ2n) is 8.15. The first-order valence-electron chi connectivity index (χ1n) is 10.9. The van der Waals surface area contributed by atoms with Gasteiger partial charge in [-0.05, 0) is 56.8 Å². The number of amides is 1. The van der Waals surface area contributed by atoms with Crippen LogP contribution in [0.4, 0.5) is 0 Å². The van der Waals surface area contributed by atoms with Crippen molar-refractivity contribution in [2.75, 3.05) is 32.8 Å². The van der Waals surface area contributed by atoms with Crippen LogP contribution >= 0.6 is 0 Å². The summed E-state index contributed by atoms with van der Waals surface area (Å²) in [6.45, 7) is 4.99. The fourth-order valence-electron chi connectivity index (χ4n) is 4.05. The highest BCUT2D eigenvalue weighted by atomic mass is 16.5. The lowest BCUT2D eigenvalue weighted by Gasteiger charge is -2.31. The minimum atomic E-state index is -1.82. The van der Waals surface area contributed by atoms with E-state index in [0.717, 1.165) is 57.4 Å². The van der Waals surface area contributed by atoms with Crippen molar-refractivity contribution in [2.45, 2.75) is 38.3 Å². The molecular formula is C22H30N4O6. The number of rotatable bonds is 6. The van der Waals surface area contributed by atoms with Crippen molar-refractivity contribution in [2.24, 2.45) is 5.92 Å². The normalized spacial score (nSPS) is 19.3. The Bertz CT molecular complexity index is 904. The molecule has 0 bridgehead atoms. The van der Waals surface area contributed by atoms with Crippen molar-refractivity contribution in [1.82, 2.24) is 19.8 Å². The van der Waals surface area contributed by atoms with E-state index in [9.17, 15) is 4.79 Å². The Labute approximate surface area is 186 Å². The van der Waals surface area contributed by atoms with Crippen LogP contribution in [0.25, 0.3) is 11.0 Å². The molecule has 4 rings (SSSR count). The summed E-state index contributed by atoms with van der Waals surface area (Å²) in [6, 6.07) is 8.29. The van der Waals surface area contributed by atoms with Gasteiger partial charge >= 0.3 is 11.9 Å². The maximum atomic E-state index is 12.1. The van der Waals surface area contributed by atoms with Crippen LogP contribution in [0.3, 0.4) is 0 Å². The van der Waals surface area contributed by atoms with Gasteiger partial charge in [0, 0.05) is 19.7 Å². The lowest BCUT2D eigenvalue weighted by molar-refractivity contribution is -0.159. The van der Waals surface area contributed by atoms with Crippen molar-refractivity contribution < 1.29 is 29.3 Å². The number of carbonyl (C=O) groups excluding carboxylic acids is 1. The molecule has 0 radical (unpaired) electrons. The Hall–Kier alpha value is -2.98. The second-order valence-corrected chi connectivity index (χ2v) is 8.15. The fourth-order valence-corrected chi connectivity index (χ4v) is 4.05. The number of imidazole rings is 1. The zero-order valence-electron chi connectivity index (χ0n) is 18.0. The first kappa shape index (κ1) is 23.7. The molecule has 1 aromatic heterocycles. The van der Waals surface area contributed by atoms with Gasteiger partial charge in [0.1, 0.15) is 0 Å². The van der Waals surface area contributed by atoms with Crippen molar-refractivity contribution in [1.29, 1.82) is 0 Å². The summed E-state index contributed by atoms with van der Waals surface area (Å²) in [7, 11) is 0. The number of ether oxygens (including phenoxy) is 1. The Morgan fingerprint density at radius 1 is 1.09 bits per heavy atom. The van der Waals surface area contributed by atoms with Gasteiger partial charge in [-0.3, -0.25) is 9.69 Å². The van der Waals surface area contributed by atoms with E-state index in [1.54, 1.807) is 0 Å². The third-order valence-corrected chi connectivity index (χ3v) is 5.79. The molecule has 3 heterocycles. The lowest BCUT2D eigenvalue weighted by Crippen LogP contribution is -2.43. The number of carbonyl (C=O) groups is 3. The van der Waals surface area contributed by atoms with Gasteiger partial charge in [0.25, 0.3) is 0 Å². The number of nitrogens with one attached hydrogen (secondary N) is 1. The van der Waals surface area contributed by atoms with Crippen LogP contribution in [0.1, 0.15) is 25.7 Å². The van der Waals surface area contributed by atoms with Gasteiger partial charge in [-0.25, -0.2) is 14.6 Å². The zero-order valence-corrected chi connectivity index (χ0v) is 18.0. The SMILES string of the molecule is O=C(CN1CCC(Cn2cnc3ccccc32)CC1)NCC1CCCO1.O=C(O)C(=O)O. The molecule has 0 aliphatic carbocycles. The van der Waals surface area contributed by atoms with Crippen molar-refractivity contribution >= 4 is 28.9 Å². The van der Waals surface area contributed by atoms with Crippen LogP contribution in [0.15, 0.2) is 30.6 Å². The number of aromatic nitrogens is 2. The Morgan fingerprint density at radius 2 is 1.81 bits per heavy atom. The van der Waals surface area contributed by atoms with E-state index in [1.807, 2.05) is 12.4 Å². The van der Waals surface area contributed by atoms with Crippen LogP contribution in [0.5, 0.6) is 0 Å². The van der Waals surface area contributed by atoms with Crippen LogP contribution in [0.2, 0.25) is 0 Å². The molecule has 32 heavy (non-hydrogen) atoms. The van der Waals surface area contributed by atoms with E-state index < -0.39 is 11.9 Å². The molecule has 174 valence electrons. The van der Waals surface area contributed by atoms with E-state index in [2.05, 4.69) is 38.0 Å². The molecule has 1 amide bonds. The number of nitrogens with zero attached hydrogens (tertiary/aromatic N) is 3. The summed E-state index contributed by atoms with van der Waals surface area (Å²) in [4.78, 5) is 37.1. The standard InChI is InChI=1S/C20H28N4O2.C2H2O4/c25-20(21-12-17-4-3-11-26-17)14-23-9-7-16(8-10-23)13-24-15-22-18-5-1-2-6-19(18)24;3-1(4)2(5)6/h1-2,5-6,15-17H,3-4,7-14H2,(H,21,25);(H,3,4)(H,5,6). The number of piperidine rings is 1. The van der Waals surface area contributed by atoms with Gasteiger partial charge in [-0.1, -0.05) is 12.1 Å². The fraction of sp³-hybridized carbons (Fsp3) is 0.545. The van der Waals surface area contributed by atoms with Crippen LogP contribution < -0.4 is 5.32 Å². The quantitative estimate of drug-likeness (QED) is 0.564. The third-order valence-electron chi connectivity index (χ3n) is 5.79. The molecule has 1 atom stereocenters. The van der Waals surface area contributed by atoms with Crippen LogP contribution in [-0.4, -0.2) is 81.4 Å². The summed E-state index contributed by atoms with van der Waals surface area (Å²) in [6.07, 6.45) is 6.61. The molecule has 2 fully saturated rings. The van der Waals surface area contributed by atoms with Gasteiger partial charge in [0.2, 0.25) is 5.91 Å². The molecule has 0 spiro atoms. The topological polar surface area (TPSA) is 134 Å². The number of para-hydroxylation sites is 2. The summed E-state index contributed by atoms with van der Waals surface area (Å²) in [5, 5.41) is 17.8.